The van der Waals surface area contributed by atoms with Crippen LogP contribution in [0.15, 0.2) is 11.4 Å². The first-order valence-electron chi connectivity index (χ1n) is 6.14. The number of anilines is 1. The van der Waals surface area contributed by atoms with Gasteiger partial charge in [0, 0.05) is 23.4 Å². The Bertz CT molecular complexity index is 600. The summed E-state index contributed by atoms with van der Waals surface area (Å²) in [6.07, 6.45) is 0.831. The Balaban J connectivity index is 1.84. The molecule has 0 aromatic carbocycles. The van der Waals surface area contributed by atoms with E-state index in [9.17, 15) is 0 Å². The first-order chi connectivity index (χ1) is 9.24. The predicted octanol–water partition coefficient (Wildman–Crippen LogP) is 3.18. The molecule has 4 nitrogen and oxygen atoms in total. The molecule has 1 aliphatic rings. The first-order valence-corrected chi connectivity index (χ1v) is 7.39. The minimum Gasteiger partial charge on any atom is -0.375 e. The molecule has 0 radical (unpaired) electrons. The SMILES string of the molecule is Cc1sccc1CNc1nc(Cl)nc2c1CCOC2. The molecule has 3 heterocycles. The van der Waals surface area contributed by atoms with Crippen LogP contribution in [0.2, 0.25) is 5.28 Å². The Kier molecular flexibility index (Phi) is 3.68. The van der Waals surface area contributed by atoms with Gasteiger partial charge in [-0.05, 0) is 35.5 Å². The van der Waals surface area contributed by atoms with Gasteiger partial charge in [0.1, 0.15) is 5.82 Å². The van der Waals surface area contributed by atoms with Crippen molar-refractivity contribution in [3.05, 3.63) is 38.4 Å². The largest absolute Gasteiger partial charge is 0.375 e. The molecule has 2 aromatic rings. The van der Waals surface area contributed by atoms with E-state index in [-0.39, 0.29) is 5.28 Å². The van der Waals surface area contributed by atoms with Crippen molar-refractivity contribution in [3.63, 3.8) is 0 Å². The number of aromatic nitrogens is 2. The van der Waals surface area contributed by atoms with Crippen LogP contribution in [0.3, 0.4) is 0 Å². The van der Waals surface area contributed by atoms with E-state index in [1.807, 2.05) is 0 Å². The van der Waals surface area contributed by atoms with Gasteiger partial charge in [-0.3, -0.25) is 0 Å². The van der Waals surface area contributed by atoms with Crippen LogP contribution in [0.4, 0.5) is 5.82 Å². The monoisotopic (exact) mass is 295 g/mol. The van der Waals surface area contributed by atoms with E-state index >= 15 is 0 Å². The molecular weight excluding hydrogens is 282 g/mol. The van der Waals surface area contributed by atoms with Crippen molar-refractivity contribution in [1.82, 2.24) is 9.97 Å². The van der Waals surface area contributed by atoms with Crippen molar-refractivity contribution >= 4 is 28.8 Å². The van der Waals surface area contributed by atoms with Crippen molar-refractivity contribution in [2.24, 2.45) is 0 Å². The van der Waals surface area contributed by atoms with E-state index in [1.165, 1.54) is 10.4 Å². The van der Waals surface area contributed by atoms with Gasteiger partial charge in [0.2, 0.25) is 5.28 Å². The average Bonchev–Trinajstić information content (AvgIpc) is 2.81. The predicted molar refractivity (Wildman–Crippen MR) is 76.8 cm³/mol. The van der Waals surface area contributed by atoms with Gasteiger partial charge in [-0.2, -0.15) is 0 Å². The lowest BCUT2D eigenvalue weighted by atomic mass is 10.1. The van der Waals surface area contributed by atoms with Crippen LogP contribution in [-0.2, 0) is 24.3 Å². The molecule has 0 atom stereocenters. The van der Waals surface area contributed by atoms with Crippen molar-refractivity contribution in [2.75, 3.05) is 11.9 Å². The summed E-state index contributed by atoms with van der Waals surface area (Å²) in [6, 6.07) is 2.13. The molecule has 0 bridgehead atoms. The highest BCUT2D eigenvalue weighted by Crippen LogP contribution is 2.25. The molecule has 0 aliphatic carbocycles. The van der Waals surface area contributed by atoms with Gasteiger partial charge in [-0.25, -0.2) is 9.97 Å². The second kappa shape index (κ2) is 5.45. The molecule has 3 rings (SSSR count). The molecule has 0 fully saturated rings. The minimum absolute atomic E-state index is 0.272. The molecule has 0 amide bonds. The van der Waals surface area contributed by atoms with Gasteiger partial charge in [-0.1, -0.05) is 0 Å². The quantitative estimate of drug-likeness (QED) is 0.884. The number of fused-ring (bicyclic) bond motifs is 1. The molecular formula is C13H14ClN3OS. The molecule has 0 spiro atoms. The zero-order chi connectivity index (χ0) is 13.2. The van der Waals surface area contributed by atoms with Gasteiger partial charge in [0.25, 0.3) is 0 Å². The van der Waals surface area contributed by atoms with E-state index < -0.39 is 0 Å². The summed E-state index contributed by atoms with van der Waals surface area (Å²) >= 11 is 7.71. The first kappa shape index (κ1) is 12.8. The van der Waals surface area contributed by atoms with Crippen LogP contribution in [0.1, 0.15) is 21.7 Å². The van der Waals surface area contributed by atoms with Crippen LogP contribution >= 0.6 is 22.9 Å². The zero-order valence-corrected chi connectivity index (χ0v) is 12.1. The topological polar surface area (TPSA) is 47.0 Å². The van der Waals surface area contributed by atoms with Gasteiger partial charge in [-0.15, -0.1) is 11.3 Å². The van der Waals surface area contributed by atoms with Crippen molar-refractivity contribution in [3.8, 4) is 0 Å². The zero-order valence-electron chi connectivity index (χ0n) is 10.6. The Morgan fingerprint density at radius 3 is 3.16 bits per heavy atom. The lowest BCUT2D eigenvalue weighted by Crippen LogP contribution is -2.16. The van der Waals surface area contributed by atoms with Crippen molar-refractivity contribution < 1.29 is 4.74 Å². The summed E-state index contributed by atoms with van der Waals surface area (Å²) in [5.74, 6) is 0.837. The summed E-state index contributed by atoms with van der Waals surface area (Å²) in [5, 5.41) is 5.74. The normalized spacial score (nSPS) is 14.2. The third-order valence-electron chi connectivity index (χ3n) is 3.21. The molecule has 0 saturated heterocycles. The molecule has 6 heteroatoms. The van der Waals surface area contributed by atoms with E-state index in [0.717, 1.165) is 30.0 Å². The lowest BCUT2D eigenvalue weighted by molar-refractivity contribution is 0.107. The number of halogens is 1. The second-order valence-corrected chi connectivity index (χ2v) is 5.88. The Labute approximate surface area is 120 Å². The molecule has 0 unspecified atom stereocenters. The number of ether oxygens (including phenoxy) is 1. The number of hydrogen-bond donors (Lipinski definition) is 1. The molecule has 1 N–H and O–H groups in total. The fourth-order valence-electron chi connectivity index (χ4n) is 2.15. The third-order valence-corrected chi connectivity index (χ3v) is 4.27. The van der Waals surface area contributed by atoms with E-state index in [1.54, 1.807) is 11.3 Å². The summed E-state index contributed by atoms with van der Waals surface area (Å²) in [5.41, 5.74) is 3.32. The second-order valence-electron chi connectivity index (χ2n) is 4.42. The van der Waals surface area contributed by atoms with Crippen molar-refractivity contribution in [1.29, 1.82) is 0 Å². The molecule has 1 aliphatic heterocycles. The number of nitrogens with zero attached hydrogens (tertiary/aromatic N) is 2. The summed E-state index contributed by atoms with van der Waals surface area (Å²) < 4.78 is 5.40. The number of hydrogen-bond acceptors (Lipinski definition) is 5. The minimum atomic E-state index is 0.272. The molecule has 19 heavy (non-hydrogen) atoms. The van der Waals surface area contributed by atoms with Crippen LogP contribution < -0.4 is 5.32 Å². The van der Waals surface area contributed by atoms with Crippen LogP contribution in [0.5, 0.6) is 0 Å². The van der Waals surface area contributed by atoms with Crippen LogP contribution in [0, 0.1) is 6.92 Å². The van der Waals surface area contributed by atoms with Gasteiger partial charge >= 0.3 is 0 Å². The number of rotatable bonds is 3. The van der Waals surface area contributed by atoms with E-state index in [2.05, 4.69) is 33.7 Å². The van der Waals surface area contributed by atoms with Crippen molar-refractivity contribution in [2.45, 2.75) is 26.5 Å². The Morgan fingerprint density at radius 2 is 2.37 bits per heavy atom. The highest BCUT2D eigenvalue weighted by Gasteiger charge is 2.17. The van der Waals surface area contributed by atoms with Gasteiger partial charge in [0.15, 0.2) is 0 Å². The number of thiophene rings is 1. The maximum absolute atomic E-state index is 5.96. The highest BCUT2D eigenvalue weighted by atomic mass is 35.5. The van der Waals surface area contributed by atoms with Crippen LogP contribution in [0.25, 0.3) is 0 Å². The molecule has 0 saturated carbocycles. The Morgan fingerprint density at radius 1 is 1.47 bits per heavy atom. The molecule has 2 aromatic heterocycles. The maximum atomic E-state index is 5.96. The summed E-state index contributed by atoms with van der Waals surface area (Å²) in [6.45, 7) is 4.11. The number of nitrogens with one attached hydrogen (secondary N) is 1. The number of aryl methyl sites for hydroxylation is 1. The fourth-order valence-corrected chi connectivity index (χ4v) is 3.06. The molecule has 100 valence electrons. The average molecular weight is 296 g/mol. The van der Waals surface area contributed by atoms with Gasteiger partial charge in [0.05, 0.1) is 18.9 Å². The third kappa shape index (κ3) is 2.73. The van der Waals surface area contributed by atoms with Gasteiger partial charge < -0.3 is 10.1 Å². The fraction of sp³-hybridized carbons (Fsp3) is 0.385. The van der Waals surface area contributed by atoms with E-state index in [0.29, 0.717) is 13.2 Å². The summed E-state index contributed by atoms with van der Waals surface area (Å²) in [7, 11) is 0. The van der Waals surface area contributed by atoms with Crippen LogP contribution in [-0.4, -0.2) is 16.6 Å². The highest BCUT2D eigenvalue weighted by molar-refractivity contribution is 7.10. The Hall–Kier alpha value is -1.17. The standard InChI is InChI=1S/C13H14ClN3OS/c1-8-9(3-5-19-8)6-15-12-10-2-4-18-7-11(10)16-13(14)17-12/h3,5H,2,4,6-7H2,1H3,(H,15,16,17). The lowest BCUT2D eigenvalue weighted by Gasteiger charge is -2.19. The maximum Gasteiger partial charge on any atom is 0.224 e. The smallest absolute Gasteiger partial charge is 0.224 e. The van der Waals surface area contributed by atoms with E-state index in [4.69, 9.17) is 16.3 Å². The summed E-state index contributed by atoms with van der Waals surface area (Å²) in [4.78, 5) is 9.86.